The van der Waals surface area contributed by atoms with Crippen molar-refractivity contribution in [3.05, 3.63) is 59.2 Å². The van der Waals surface area contributed by atoms with Gasteiger partial charge in [0, 0.05) is 12.2 Å². The summed E-state index contributed by atoms with van der Waals surface area (Å²) >= 11 is 0. The molecule has 0 amide bonds. The first-order valence-corrected chi connectivity index (χ1v) is 7.39. The molecule has 0 atom stereocenters. The Bertz CT molecular complexity index is 635. The lowest BCUT2D eigenvalue weighted by Gasteiger charge is -2.11. The molecule has 0 aromatic heterocycles. The summed E-state index contributed by atoms with van der Waals surface area (Å²) in [5.74, 6) is -0.0462. The fourth-order valence-corrected chi connectivity index (χ4v) is 2.07. The average molecular weight is 299 g/mol. The van der Waals surface area contributed by atoms with Gasteiger partial charge in [0.1, 0.15) is 5.75 Å². The SMILES string of the molecule is CCCOc1ccc(CNc2cc(C(=O)O)ccc2C)cc1. The fourth-order valence-electron chi connectivity index (χ4n) is 2.07. The Morgan fingerprint density at radius 2 is 1.91 bits per heavy atom. The molecule has 0 heterocycles. The van der Waals surface area contributed by atoms with Crippen molar-refractivity contribution in [1.29, 1.82) is 0 Å². The van der Waals surface area contributed by atoms with Crippen LogP contribution in [-0.2, 0) is 6.54 Å². The van der Waals surface area contributed by atoms with Crippen molar-refractivity contribution >= 4 is 11.7 Å². The van der Waals surface area contributed by atoms with E-state index in [9.17, 15) is 4.79 Å². The van der Waals surface area contributed by atoms with Crippen molar-refractivity contribution in [2.24, 2.45) is 0 Å². The second kappa shape index (κ2) is 7.50. The molecule has 4 heteroatoms. The zero-order chi connectivity index (χ0) is 15.9. The van der Waals surface area contributed by atoms with Crippen LogP contribution < -0.4 is 10.1 Å². The molecule has 0 fully saturated rings. The summed E-state index contributed by atoms with van der Waals surface area (Å²) in [5, 5.41) is 12.3. The van der Waals surface area contributed by atoms with E-state index in [1.807, 2.05) is 37.3 Å². The Morgan fingerprint density at radius 1 is 1.18 bits per heavy atom. The van der Waals surface area contributed by atoms with Crippen LogP contribution in [0.3, 0.4) is 0 Å². The third-order valence-electron chi connectivity index (χ3n) is 3.36. The summed E-state index contributed by atoms with van der Waals surface area (Å²) in [6.07, 6.45) is 0.989. The first-order chi connectivity index (χ1) is 10.6. The van der Waals surface area contributed by atoms with Gasteiger partial charge in [0.15, 0.2) is 0 Å². The number of carboxylic acid groups (broad SMARTS) is 1. The van der Waals surface area contributed by atoms with E-state index in [1.165, 1.54) is 0 Å². The minimum absolute atomic E-state index is 0.288. The van der Waals surface area contributed by atoms with Gasteiger partial charge in [-0.15, -0.1) is 0 Å². The molecular formula is C18H21NO3. The minimum Gasteiger partial charge on any atom is -0.494 e. The highest BCUT2D eigenvalue weighted by Crippen LogP contribution is 2.19. The minimum atomic E-state index is -0.916. The number of benzene rings is 2. The van der Waals surface area contributed by atoms with E-state index in [1.54, 1.807) is 12.1 Å². The number of rotatable bonds is 7. The zero-order valence-electron chi connectivity index (χ0n) is 12.9. The van der Waals surface area contributed by atoms with Crippen LogP contribution in [0.2, 0.25) is 0 Å². The molecule has 0 spiro atoms. The second-order valence-electron chi connectivity index (χ2n) is 5.18. The number of carboxylic acids is 1. The molecule has 116 valence electrons. The first-order valence-electron chi connectivity index (χ1n) is 7.39. The average Bonchev–Trinajstić information content (AvgIpc) is 2.53. The Kier molecular flexibility index (Phi) is 5.42. The summed E-state index contributed by atoms with van der Waals surface area (Å²) in [6.45, 7) is 5.39. The number of nitrogens with one attached hydrogen (secondary N) is 1. The molecule has 22 heavy (non-hydrogen) atoms. The highest BCUT2D eigenvalue weighted by Gasteiger charge is 2.06. The number of aromatic carboxylic acids is 1. The molecule has 0 saturated heterocycles. The predicted octanol–water partition coefficient (Wildman–Crippen LogP) is 4.09. The molecular weight excluding hydrogens is 278 g/mol. The van der Waals surface area contributed by atoms with Crippen LogP contribution in [0.25, 0.3) is 0 Å². The summed E-state index contributed by atoms with van der Waals surface area (Å²) in [5.41, 5.74) is 3.26. The third-order valence-corrected chi connectivity index (χ3v) is 3.36. The molecule has 0 aliphatic rings. The van der Waals surface area contributed by atoms with Gasteiger partial charge in [0.2, 0.25) is 0 Å². The van der Waals surface area contributed by atoms with E-state index in [0.29, 0.717) is 6.54 Å². The number of aryl methyl sites for hydroxylation is 1. The van der Waals surface area contributed by atoms with Crippen molar-refractivity contribution in [2.45, 2.75) is 26.8 Å². The molecule has 2 aromatic rings. The van der Waals surface area contributed by atoms with E-state index < -0.39 is 5.97 Å². The monoisotopic (exact) mass is 299 g/mol. The molecule has 0 aliphatic heterocycles. The lowest BCUT2D eigenvalue weighted by atomic mass is 10.1. The third kappa shape index (κ3) is 4.25. The molecule has 0 bridgehead atoms. The number of carbonyl (C=O) groups is 1. The van der Waals surface area contributed by atoms with Gasteiger partial charge in [-0.05, 0) is 48.7 Å². The summed E-state index contributed by atoms with van der Waals surface area (Å²) in [6, 6.07) is 13.0. The van der Waals surface area contributed by atoms with Crippen molar-refractivity contribution in [2.75, 3.05) is 11.9 Å². The lowest BCUT2D eigenvalue weighted by molar-refractivity contribution is 0.0697. The second-order valence-corrected chi connectivity index (χ2v) is 5.18. The fraction of sp³-hybridized carbons (Fsp3) is 0.278. The smallest absolute Gasteiger partial charge is 0.335 e. The van der Waals surface area contributed by atoms with Gasteiger partial charge < -0.3 is 15.2 Å². The van der Waals surface area contributed by atoms with E-state index in [2.05, 4.69) is 12.2 Å². The van der Waals surface area contributed by atoms with Crippen LogP contribution >= 0.6 is 0 Å². The highest BCUT2D eigenvalue weighted by atomic mass is 16.5. The standard InChI is InChI=1S/C18H21NO3/c1-3-10-22-16-8-5-14(6-9-16)12-19-17-11-15(18(20)21)7-4-13(17)2/h4-9,11,19H,3,10,12H2,1-2H3,(H,20,21). The van der Waals surface area contributed by atoms with Gasteiger partial charge in [-0.25, -0.2) is 4.79 Å². The maximum Gasteiger partial charge on any atom is 0.335 e. The topological polar surface area (TPSA) is 58.6 Å². The molecule has 4 nitrogen and oxygen atoms in total. The van der Waals surface area contributed by atoms with Crippen LogP contribution in [0.15, 0.2) is 42.5 Å². The predicted molar refractivity (Wildman–Crippen MR) is 87.7 cm³/mol. The van der Waals surface area contributed by atoms with Gasteiger partial charge in [0.25, 0.3) is 0 Å². The molecule has 0 aliphatic carbocycles. The van der Waals surface area contributed by atoms with Crippen molar-refractivity contribution in [3.63, 3.8) is 0 Å². The summed E-state index contributed by atoms with van der Waals surface area (Å²) in [4.78, 5) is 11.0. The van der Waals surface area contributed by atoms with E-state index >= 15 is 0 Å². The highest BCUT2D eigenvalue weighted by molar-refractivity contribution is 5.89. The van der Waals surface area contributed by atoms with Gasteiger partial charge in [0.05, 0.1) is 12.2 Å². The van der Waals surface area contributed by atoms with E-state index in [0.717, 1.165) is 35.6 Å². The summed E-state index contributed by atoms with van der Waals surface area (Å²) in [7, 11) is 0. The quantitative estimate of drug-likeness (QED) is 0.808. The number of hydrogen-bond acceptors (Lipinski definition) is 3. The number of hydrogen-bond donors (Lipinski definition) is 2. The van der Waals surface area contributed by atoms with Crippen LogP contribution in [-0.4, -0.2) is 17.7 Å². The Hall–Kier alpha value is -2.49. The van der Waals surface area contributed by atoms with Crippen LogP contribution in [0.5, 0.6) is 5.75 Å². The van der Waals surface area contributed by atoms with E-state index in [-0.39, 0.29) is 5.56 Å². The molecule has 0 unspecified atom stereocenters. The largest absolute Gasteiger partial charge is 0.494 e. The van der Waals surface area contributed by atoms with Gasteiger partial charge in [-0.1, -0.05) is 25.1 Å². The number of anilines is 1. The molecule has 0 saturated carbocycles. The maximum absolute atomic E-state index is 11.0. The van der Waals surface area contributed by atoms with Crippen molar-refractivity contribution in [1.82, 2.24) is 0 Å². The Morgan fingerprint density at radius 3 is 2.55 bits per heavy atom. The summed E-state index contributed by atoms with van der Waals surface area (Å²) < 4.78 is 5.55. The zero-order valence-corrected chi connectivity index (χ0v) is 12.9. The molecule has 2 aromatic carbocycles. The first kappa shape index (κ1) is 15.9. The molecule has 0 radical (unpaired) electrons. The normalized spacial score (nSPS) is 10.3. The van der Waals surface area contributed by atoms with Crippen LogP contribution in [0.4, 0.5) is 5.69 Å². The number of ether oxygens (including phenoxy) is 1. The van der Waals surface area contributed by atoms with E-state index in [4.69, 9.17) is 9.84 Å². The van der Waals surface area contributed by atoms with Gasteiger partial charge in [-0.3, -0.25) is 0 Å². The van der Waals surface area contributed by atoms with Gasteiger partial charge >= 0.3 is 5.97 Å². The molecule has 2 rings (SSSR count). The molecule has 2 N–H and O–H groups in total. The van der Waals surface area contributed by atoms with Crippen molar-refractivity contribution < 1.29 is 14.6 Å². The maximum atomic E-state index is 11.0. The van der Waals surface area contributed by atoms with Gasteiger partial charge in [-0.2, -0.15) is 0 Å². The Labute approximate surface area is 130 Å². The van der Waals surface area contributed by atoms with Crippen LogP contribution in [0.1, 0.15) is 34.8 Å². The Balaban J connectivity index is 2.00. The van der Waals surface area contributed by atoms with Crippen LogP contribution in [0, 0.1) is 6.92 Å². The lowest BCUT2D eigenvalue weighted by Crippen LogP contribution is -2.04. The van der Waals surface area contributed by atoms with Crippen molar-refractivity contribution in [3.8, 4) is 5.75 Å².